The van der Waals surface area contributed by atoms with E-state index in [0.717, 1.165) is 30.3 Å². The van der Waals surface area contributed by atoms with E-state index < -0.39 is 44.7 Å². The molecular weight excluding hydrogens is 382 g/mol. The molecule has 27 heavy (non-hydrogen) atoms. The Morgan fingerprint density at radius 1 is 1.19 bits per heavy atom. The fourth-order valence-corrected chi connectivity index (χ4v) is 3.01. The Bertz CT molecular complexity index is 1000. The predicted molar refractivity (Wildman–Crippen MR) is 91.5 cm³/mol. The number of carbonyl (C=O) groups is 2. The summed E-state index contributed by atoms with van der Waals surface area (Å²) in [7, 11) is -4.18. The van der Waals surface area contributed by atoms with Crippen molar-refractivity contribution in [2.45, 2.75) is 4.90 Å². The summed E-state index contributed by atoms with van der Waals surface area (Å²) < 4.78 is 31.6. The van der Waals surface area contributed by atoms with Crippen molar-refractivity contribution in [1.29, 1.82) is 0 Å². The molecule has 142 valence electrons. The maximum atomic E-state index is 12.4. The molecule has 11 nitrogen and oxygen atoms in total. The van der Waals surface area contributed by atoms with Gasteiger partial charge in [-0.05, 0) is 30.3 Å². The zero-order valence-electron chi connectivity index (χ0n) is 13.5. The standard InChI is InChI=1S/C15H13N3O8S/c16-14(20)8-26-15(21)12-7-11(5-6-13(12)19)27(24,25)17-9-1-3-10(4-2-9)18(22)23/h1-7,17,19H,8H2,(H2,16,20). The van der Waals surface area contributed by atoms with Gasteiger partial charge in [-0.15, -0.1) is 0 Å². The van der Waals surface area contributed by atoms with Gasteiger partial charge in [-0.3, -0.25) is 19.6 Å². The minimum atomic E-state index is -4.18. The highest BCUT2D eigenvalue weighted by atomic mass is 32.2. The van der Waals surface area contributed by atoms with Gasteiger partial charge >= 0.3 is 5.97 Å². The highest BCUT2D eigenvalue weighted by Crippen LogP contribution is 2.24. The number of nitro groups is 1. The molecule has 2 aromatic rings. The molecule has 2 aromatic carbocycles. The zero-order chi connectivity index (χ0) is 20.2. The normalized spacial score (nSPS) is 10.8. The first-order valence-electron chi connectivity index (χ1n) is 7.16. The molecule has 0 heterocycles. The Hall–Kier alpha value is -3.67. The van der Waals surface area contributed by atoms with Crippen LogP contribution in [0, 0.1) is 10.1 Å². The lowest BCUT2D eigenvalue weighted by Gasteiger charge is -2.10. The van der Waals surface area contributed by atoms with Gasteiger partial charge in [0.1, 0.15) is 11.3 Å². The monoisotopic (exact) mass is 395 g/mol. The smallest absolute Gasteiger partial charge is 0.342 e. The van der Waals surface area contributed by atoms with Gasteiger partial charge in [-0.1, -0.05) is 0 Å². The van der Waals surface area contributed by atoms with Crippen LogP contribution in [-0.2, 0) is 19.6 Å². The summed E-state index contributed by atoms with van der Waals surface area (Å²) in [6, 6.07) is 7.46. The number of aromatic hydroxyl groups is 1. The summed E-state index contributed by atoms with van der Waals surface area (Å²) in [6.07, 6.45) is 0. The molecule has 0 spiro atoms. The third kappa shape index (κ3) is 4.92. The first-order chi connectivity index (χ1) is 12.6. The van der Waals surface area contributed by atoms with Crippen molar-refractivity contribution < 1.29 is 32.8 Å². The Kier molecular flexibility index (Phi) is 5.60. The molecule has 4 N–H and O–H groups in total. The lowest BCUT2D eigenvalue weighted by atomic mass is 10.2. The topological polar surface area (TPSA) is 179 Å². The van der Waals surface area contributed by atoms with E-state index in [2.05, 4.69) is 9.46 Å². The molecule has 0 fully saturated rings. The zero-order valence-corrected chi connectivity index (χ0v) is 14.3. The third-order valence-electron chi connectivity index (χ3n) is 3.17. The molecule has 0 saturated heterocycles. The van der Waals surface area contributed by atoms with E-state index in [1.807, 2.05) is 0 Å². The summed E-state index contributed by atoms with van der Waals surface area (Å²) in [6.45, 7) is -0.740. The molecule has 0 bridgehead atoms. The average molecular weight is 395 g/mol. The lowest BCUT2D eigenvalue weighted by molar-refractivity contribution is -0.384. The van der Waals surface area contributed by atoms with E-state index >= 15 is 0 Å². The molecule has 0 atom stereocenters. The van der Waals surface area contributed by atoms with Gasteiger partial charge in [-0.25, -0.2) is 13.2 Å². The number of nitrogens with one attached hydrogen (secondary N) is 1. The van der Waals surface area contributed by atoms with E-state index in [1.165, 1.54) is 12.1 Å². The fourth-order valence-electron chi connectivity index (χ4n) is 1.93. The minimum Gasteiger partial charge on any atom is -0.507 e. The van der Waals surface area contributed by atoms with Crippen LogP contribution in [0.1, 0.15) is 10.4 Å². The van der Waals surface area contributed by atoms with Gasteiger partial charge in [0.15, 0.2) is 6.61 Å². The van der Waals surface area contributed by atoms with Gasteiger partial charge in [0.2, 0.25) is 0 Å². The van der Waals surface area contributed by atoms with Crippen LogP contribution in [0.5, 0.6) is 5.75 Å². The Morgan fingerprint density at radius 2 is 1.81 bits per heavy atom. The number of nitro benzene ring substituents is 1. The van der Waals surface area contributed by atoms with E-state index in [9.17, 15) is 33.2 Å². The van der Waals surface area contributed by atoms with Gasteiger partial charge < -0.3 is 15.6 Å². The van der Waals surface area contributed by atoms with Crippen molar-refractivity contribution in [3.05, 3.63) is 58.1 Å². The molecule has 1 amide bonds. The number of nitrogens with two attached hydrogens (primary N) is 1. The summed E-state index contributed by atoms with van der Waals surface area (Å²) in [5, 5.41) is 20.3. The minimum absolute atomic E-state index is 0.0477. The molecule has 0 saturated carbocycles. The molecule has 2 rings (SSSR count). The molecule has 0 aliphatic carbocycles. The second kappa shape index (κ2) is 7.70. The highest BCUT2D eigenvalue weighted by molar-refractivity contribution is 7.92. The van der Waals surface area contributed by atoms with E-state index in [1.54, 1.807) is 0 Å². The molecule has 0 aromatic heterocycles. The molecular formula is C15H13N3O8S. The predicted octanol–water partition coefficient (Wildman–Crippen LogP) is 0.743. The molecule has 0 radical (unpaired) electrons. The van der Waals surface area contributed by atoms with Crippen molar-refractivity contribution in [1.82, 2.24) is 0 Å². The number of phenols is 1. The molecule has 12 heteroatoms. The van der Waals surface area contributed by atoms with Crippen LogP contribution in [0.2, 0.25) is 0 Å². The number of anilines is 1. The first-order valence-corrected chi connectivity index (χ1v) is 8.64. The number of carbonyl (C=O) groups excluding carboxylic acids is 2. The van der Waals surface area contributed by atoms with Crippen LogP contribution >= 0.6 is 0 Å². The van der Waals surface area contributed by atoms with Gasteiger partial charge in [0.05, 0.1) is 9.82 Å². The molecule has 0 unspecified atom stereocenters. The average Bonchev–Trinajstić information content (AvgIpc) is 2.60. The van der Waals surface area contributed by atoms with Crippen LogP contribution in [0.4, 0.5) is 11.4 Å². The lowest BCUT2D eigenvalue weighted by Crippen LogP contribution is -2.21. The summed E-state index contributed by atoms with van der Waals surface area (Å²) in [4.78, 5) is 32.1. The number of ether oxygens (including phenoxy) is 1. The Balaban J connectivity index is 2.27. The van der Waals surface area contributed by atoms with Crippen molar-refractivity contribution in [3.8, 4) is 5.75 Å². The number of benzene rings is 2. The summed E-state index contributed by atoms with van der Waals surface area (Å²) >= 11 is 0. The van der Waals surface area contributed by atoms with Crippen molar-refractivity contribution in [2.24, 2.45) is 5.73 Å². The number of rotatable bonds is 7. The van der Waals surface area contributed by atoms with Crippen LogP contribution in [0.25, 0.3) is 0 Å². The largest absolute Gasteiger partial charge is 0.507 e. The number of hydrogen-bond donors (Lipinski definition) is 3. The first kappa shape index (κ1) is 19.7. The number of amides is 1. The fraction of sp³-hybridized carbons (Fsp3) is 0.0667. The van der Waals surface area contributed by atoms with Gasteiger partial charge in [0, 0.05) is 17.8 Å². The number of esters is 1. The van der Waals surface area contributed by atoms with E-state index in [4.69, 9.17) is 5.73 Å². The maximum absolute atomic E-state index is 12.4. The Labute approximate surface area is 152 Å². The van der Waals surface area contributed by atoms with E-state index in [0.29, 0.717) is 0 Å². The van der Waals surface area contributed by atoms with Crippen LogP contribution in [-0.4, -0.2) is 36.9 Å². The van der Waals surface area contributed by atoms with Crippen LogP contribution in [0.3, 0.4) is 0 Å². The SMILES string of the molecule is NC(=O)COC(=O)c1cc(S(=O)(=O)Nc2ccc([N+](=O)[O-])cc2)ccc1O. The molecule has 0 aliphatic heterocycles. The Morgan fingerprint density at radius 3 is 2.37 bits per heavy atom. The van der Waals surface area contributed by atoms with Gasteiger partial charge in [0.25, 0.3) is 21.6 Å². The van der Waals surface area contributed by atoms with Crippen molar-refractivity contribution in [2.75, 3.05) is 11.3 Å². The second-order valence-electron chi connectivity index (χ2n) is 5.13. The number of nitrogens with zero attached hydrogens (tertiary/aromatic N) is 1. The van der Waals surface area contributed by atoms with Crippen LogP contribution < -0.4 is 10.5 Å². The van der Waals surface area contributed by atoms with Crippen molar-refractivity contribution in [3.63, 3.8) is 0 Å². The van der Waals surface area contributed by atoms with E-state index in [-0.39, 0.29) is 16.3 Å². The maximum Gasteiger partial charge on any atom is 0.342 e. The highest BCUT2D eigenvalue weighted by Gasteiger charge is 2.21. The third-order valence-corrected chi connectivity index (χ3v) is 4.55. The van der Waals surface area contributed by atoms with Crippen LogP contribution in [0.15, 0.2) is 47.4 Å². The summed E-state index contributed by atoms with van der Waals surface area (Å²) in [5.74, 6) is -2.62. The van der Waals surface area contributed by atoms with Gasteiger partial charge in [-0.2, -0.15) is 0 Å². The second-order valence-corrected chi connectivity index (χ2v) is 6.81. The number of sulfonamides is 1. The number of primary amides is 1. The number of non-ortho nitro benzene ring substituents is 1. The molecule has 0 aliphatic rings. The number of hydrogen-bond acceptors (Lipinski definition) is 8. The van der Waals surface area contributed by atoms with Crippen molar-refractivity contribution >= 4 is 33.3 Å². The summed E-state index contributed by atoms with van der Waals surface area (Å²) in [5.41, 5.74) is 4.19. The quantitative estimate of drug-likeness (QED) is 0.349. The number of phenolic OH excluding ortho intramolecular Hbond substituents is 1.